The molecule has 1 unspecified atom stereocenters. The first kappa shape index (κ1) is 24.9. The highest BCUT2D eigenvalue weighted by Gasteiger charge is 2.35. The zero-order chi connectivity index (χ0) is 25.7. The van der Waals surface area contributed by atoms with Crippen molar-refractivity contribution >= 4 is 11.8 Å². The highest BCUT2D eigenvalue weighted by molar-refractivity contribution is 5.99. The van der Waals surface area contributed by atoms with E-state index in [9.17, 15) is 9.59 Å². The zero-order valence-corrected chi connectivity index (χ0v) is 20.9. The lowest BCUT2D eigenvalue weighted by Gasteiger charge is -2.29. The molecule has 0 saturated carbocycles. The third-order valence-corrected chi connectivity index (χ3v) is 6.30. The van der Waals surface area contributed by atoms with Crippen LogP contribution in [0.3, 0.4) is 0 Å². The fraction of sp³-hybridized carbons (Fsp3) is 0.286. The largest absolute Gasteiger partial charge is 0.497 e. The van der Waals surface area contributed by atoms with Gasteiger partial charge in [0.25, 0.3) is 5.91 Å². The van der Waals surface area contributed by atoms with Gasteiger partial charge in [0.05, 0.1) is 40.9 Å². The molecule has 0 spiro atoms. The number of ether oxygens (including phenoxy) is 4. The summed E-state index contributed by atoms with van der Waals surface area (Å²) in [5.74, 6) is 1.76. The van der Waals surface area contributed by atoms with E-state index in [-0.39, 0.29) is 18.2 Å². The van der Waals surface area contributed by atoms with Gasteiger partial charge in [-0.05, 0) is 47.0 Å². The van der Waals surface area contributed by atoms with Crippen molar-refractivity contribution in [2.24, 2.45) is 0 Å². The molecule has 1 atom stereocenters. The second kappa shape index (κ2) is 11.0. The summed E-state index contributed by atoms with van der Waals surface area (Å²) in [6, 6.07) is 18.0. The predicted molar refractivity (Wildman–Crippen MR) is 135 cm³/mol. The number of hydrogen-bond acceptors (Lipinski definition) is 6. The van der Waals surface area contributed by atoms with Crippen LogP contribution < -0.4 is 24.3 Å². The van der Waals surface area contributed by atoms with E-state index in [2.05, 4.69) is 5.32 Å². The lowest BCUT2D eigenvalue weighted by Crippen LogP contribution is -2.34. The molecule has 0 fully saturated rings. The zero-order valence-electron chi connectivity index (χ0n) is 20.9. The summed E-state index contributed by atoms with van der Waals surface area (Å²) < 4.78 is 21.8. The average molecular weight is 491 g/mol. The molecule has 188 valence electrons. The SMILES string of the molecule is COc1cccc(CNC(=O)CC(c2cc(OC)c(OC)c(OC)c2)N2Cc3ccccc3C2=O)c1. The number of carbonyl (C=O) groups is 2. The van der Waals surface area contributed by atoms with Gasteiger partial charge in [0.1, 0.15) is 5.75 Å². The fourth-order valence-corrected chi connectivity index (χ4v) is 4.46. The third-order valence-electron chi connectivity index (χ3n) is 6.30. The maximum absolute atomic E-state index is 13.4. The molecule has 36 heavy (non-hydrogen) atoms. The van der Waals surface area contributed by atoms with Gasteiger partial charge in [-0.3, -0.25) is 9.59 Å². The Hall–Kier alpha value is -4.20. The molecule has 3 aromatic rings. The van der Waals surface area contributed by atoms with Crippen molar-refractivity contribution in [3.05, 3.63) is 82.9 Å². The van der Waals surface area contributed by atoms with Gasteiger partial charge in [0, 0.05) is 18.7 Å². The summed E-state index contributed by atoms with van der Waals surface area (Å²) in [5.41, 5.74) is 3.20. The molecule has 4 rings (SSSR count). The van der Waals surface area contributed by atoms with Gasteiger partial charge in [0.15, 0.2) is 11.5 Å². The van der Waals surface area contributed by atoms with Gasteiger partial charge >= 0.3 is 0 Å². The van der Waals surface area contributed by atoms with E-state index in [4.69, 9.17) is 18.9 Å². The monoisotopic (exact) mass is 490 g/mol. The molecule has 3 aromatic carbocycles. The summed E-state index contributed by atoms with van der Waals surface area (Å²) in [6.45, 7) is 0.742. The first-order chi connectivity index (χ1) is 17.5. The van der Waals surface area contributed by atoms with Crippen LogP contribution in [0, 0.1) is 0 Å². The number of carbonyl (C=O) groups excluding carboxylic acids is 2. The summed E-state index contributed by atoms with van der Waals surface area (Å²) in [6.07, 6.45) is 0.0579. The topological polar surface area (TPSA) is 86.3 Å². The van der Waals surface area contributed by atoms with E-state index in [1.807, 2.05) is 48.5 Å². The Balaban J connectivity index is 1.64. The highest BCUT2D eigenvalue weighted by Crippen LogP contribution is 2.42. The molecule has 2 amide bonds. The maximum atomic E-state index is 13.4. The Labute approximate surface area is 210 Å². The van der Waals surface area contributed by atoms with Crippen LogP contribution in [-0.2, 0) is 17.9 Å². The van der Waals surface area contributed by atoms with Crippen molar-refractivity contribution in [3.63, 3.8) is 0 Å². The molecule has 1 aliphatic rings. The highest BCUT2D eigenvalue weighted by atomic mass is 16.5. The molecule has 0 saturated heterocycles. The maximum Gasteiger partial charge on any atom is 0.255 e. The Morgan fingerprint density at radius 1 is 0.917 bits per heavy atom. The molecular formula is C28H30N2O6. The number of amides is 2. The number of nitrogens with one attached hydrogen (secondary N) is 1. The van der Waals surface area contributed by atoms with E-state index in [1.165, 1.54) is 21.3 Å². The molecule has 0 bridgehead atoms. The Morgan fingerprint density at radius 2 is 1.64 bits per heavy atom. The number of nitrogens with zero attached hydrogens (tertiary/aromatic N) is 1. The third kappa shape index (κ3) is 5.07. The summed E-state index contributed by atoms with van der Waals surface area (Å²) in [5, 5.41) is 2.97. The van der Waals surface area contributed by atoms with E-state index >= 15 is 0 Å². The van der Waals surface area contributed by atoms with Crippen molar-refractivity contribution in [1.29, 1.82) is 0 Å². The van der Waals surface area contributed by atoms with Crippen molar-refractivity contribution in [2.45, 2.75) is 25.6 Å². The quantitative estimate of drug-likeness (QED) is 0.460. The first-order valence-electron chi connectivity index (χ1n) is 11.6. The van der Waals surface area contributed by atoms with Crippen molar-refractivity contribution in [1.82, 2.24) is 10.2 Å². The molecule has 1 aliphatic heterocycles. The first-order valence-corrected chi connectivity index (χ1v) is 11.6. The summed E-state index contributed by atoms with van der Waals surface area (Å²) in [7, 11) is 6.20. The van der Waals surface area contributed by atoms with E-state index < -0.39 is 6.04 Å². The van der Waals surface area contributed by atoms with Gasteiger partial charge in [0.2, 0.25) is 11.7 Å². The molecule has 8 heteroatoms. The molecular weight excluding hydrogens is 460 g/mol. The molecule has 8 nitrogen and oxygen atoms in total. The van der Waals surface area contributed by atoms with Gasteiger partial charge in [-0.15, -0.1) is 0 Å². The predicted octanol–water partition coefficient (Wildman–Crippen LogP) is 4.12. The van der Waals surface area contributed by atoms with Crippen molar-refractivity contribution in [2.75, 3.05) is 28.4 Å². The van der Waals surface area contributed by atoms with Crippen LogP contribution >= 0.6 is 0 Å². The second-order valence-electron chi connectivity index (χ2n) is 8.40. The van der Waals surface area contributed by atoms with Crippen LogP contribution in [0.1, 0.15) is 39.5 Å². The minimum Gasteiger partial charge on any atom is -0.497 e. The Kier molecular flexibility index (Phi) is 7.63. The number of fused-ring (bicyclic) bond motifs is 1. The van der Waals surface area contributed by atoms with Crippen LogP contribution in [0.25, 0.3) is 0 Å². The van der Waals surface area contributed by atoms with Crippen molar-refractivity contribution < 1.29 is 28.5 Å². The second-order valence-corrected chi connectivity index (χ2v) is 8.40. The van der Waals surface area contributed by atoms with Gasteiger partial charge in [-0.2, -0.15) is 0 Å². The Bertz CT molecular complexity index is 1230. The summed E-state index contributed by atoms with van der Waals surface area (Å²) >= 11 is 0. The average Bonchev–Trinajstić information content (AvgIpc) is 3.25. The number of methoxy groups -OCH3 is 4. The number of rotatable bonds is 10. The smallest absolute Gasteiger partial charge is 0.255 e. The van der Waals surface area contributed by atoms with E-state index in [1.54, 1.807) is 24.1 Å². The lowest BCUT2D eigenvalue weighted by atomic mass is 10.00. The lowest BCUT2D eigenvalue weighted by molar-refractivity contribution is -0.122. The van der Waals surface area contributed by atoms with Crippen LogP contribution in [0.4, 0.5) is 0 Å². The molecule has 0 aliphatic carbocycles. The number of benzene rings is 3. The van der Waals surface area contributed by atoms with E-state index in [0.717, 1.165) is 16.9 Å². The van der Waals surface area contributed by atoms with E-state index in [0.29, 0.717) is 41.5 Å². The van der Waals surface area contributed by atoms with Crippen LogP contribution in [0.5, 0.6) is 23.0 Å². The van der Waals surface area contributed by atoms with Crippen LogP contribution in [0.15, 0.2) is 60.7 Å². The minimum atomic E-state index is -0.552. The standard InChI is InChI=1S/C28H30N2O6/c1-33-21-10-7-8-18(12-21)16-29-26(31)15-23(30-17-19-9-5-6-11-22(19)28(30)32)20-13-24(34-2)27(36-4)25(14-20)35-3/h5-14,23H,15-17H2,1-4H3,(H,29,31). The molecule has 1 heterocycles. The van der Waals surface area contributed by atoms with Gasteiger partial charge < -0.3 is 29.2 Å². The number of hydrogen-bond donors (Lipinski definition) is 1. The molecule has 0 radical (unpaired) electrons. The fourth-order valence-electron chi connectivity index (χ4n) is 4.46. The molecule has 1 N–H and O–H groups in total. The van der Waals surface area contributed by atoms with Crippen LogP contribution in [-0.4, -0.2) is 45.2 Å². The minimum absolute atomic E-state index is 0.0579. The van der Waals surface area contributed by atoms with Crippen molar-refractivity contribution in [3.8, 4) is 23.0 Å². The normalized spacial score (nSPS) is 13.1. The Morgan fingerprint density at radius 3 is 2.28 bits per heavy atom. The van der Waals surface area contributed by atoms with Crippen LogP contribution in [0.2, 0.25) is 0 Å². The summed E-state index contributed by atoms with van der Waals surface area (Å²) in [4.78, 5) is 28.2. The van der Waals surface area contributed by atoms with Gasteiger partial charge in [-0.25, -0.2) is 0 Å². The molecule has 0 aromatic heterocycles. The van der Waals surface area contributed by atoms with Gasteiger partial charge in [-0.1, -0.05) is 30.3 Å².